The molecular formula is C14H16FNO4S. The number of rotatable bonds is 3. The largest absolute Gasteiger partial charge is 0.384 e. The van der Waals surface area contributed by atoms with E-state index in [1.807, 2.05) is 0 Å². The van der Waals surface area contributed by atoms with Crippen molar-refractivity contribution in [1.82, 2.24) is 4.72 Å². The van der Waals surface area contributed by atoms with Gasteiger partial charge in [-0.15, -0.1) is 0 Å². The smallest absolute Gasteiger partial charge is 0.243 e. The van der Waals surface area contributed by atoms with Gasteiger partial charge >= 0.3 is 0 Å². The van der Waals surface area contributed by atoms with Crippen LogP contribution in [-0.2, 0) is 14.8 Å². The molecule has 0 aliphatic carbocycles. The Morgan fingerprint density at radius 1 is 1.38 bits per heavy atom. The summed E-state index contributed by atoms with van der Waals surface area (Å²) in [4.78, 5) is -0.399. The highest BCUT2D eigenvalue weighted by atomic mass is 32.2. The molecule has 1 fully saturated rings. The van der Waals surface area contributed by atoms with E-state index in [2.05, 4.69) is 16.6 Å². The minimum absolute atomic E-state index is 0.239. The molecule has 0 unspecified atom stereocenters. The summed E-state index contributed by atoms with van der Waals surface area (Å²) in [5, 5.41) is 8.58. The molecule has 2 N–H and O–H groups in total. The molecule has 0 aromatic heterocycles. The molecule has 1 heterocycles. The Morgan fingerprint density at radius 3 is 2.71 bits per heavy atom. The molecule has 1 saturated heterocycles. The first-order chi connectivity index (χ1) is 10.0. The zero-order chi connectivity index (χ0) is 15.3. The van der Waals surface area contributed by atoms with Gasteiger partial charge in [0.15, 0.2) is 0 Å². The Hall–Kier alpha value is -1.46. The van der Waals surface area contributed by atoms with Gasteiger partial charge in [-0.3, -0.25) is 0 Å². The predicted octanol–water partition coefficient (Wildman–Crippen LogP) is 0.627. The van der Waals surface area contributed by atoms with Crippen molar-refractivity contribution >= 4 is 10.0 Å². The highest BCUT2D eigenvalue weighted by Gasteiger charge is 2.24. The van der Waals surface area contributed by atoms with Gasteiger partial charge in [0.05, 0.1) is 0 Å². The lowest BCUT2D eigenvalue weighted by atomic mass is 10.1. The van der Waals surface area contributed by atoms with E-state index in [1.54, 1.807) is 0 Å². The average Bonchev–Trinajstić information content (AvgIpc) is 2.45. The monoisotopic (exact) mass is 313 g/mol. The molecule has 0 saturated carbocycles. The first kappa shape index (κ1) is 15.9. The van der Waals surface area contributed by atoms with E-state index in [0.29, 0.717) is 31.6 Å². The van der Waals surface area contributed by atoms with Crippen molar-refractivity contribution in [2.24, 2.45) is 0 Å². The highest BCUT2D eigenvalue weighted by Crippen LogP contribution is 2.18. The fraction of sp³-hybridized carbons (Fsp3) is 0.429. The second-order valence-electron chi connectivity index (χ2n) is 4.61. The fourth-order valence-corrected chi connectivity index (χ4v) is 3.40. The van der Waals surface area contributed by atoms with Gasteiger partial charge in [-0.25, -0.2) is 17.5 Å². The molecule has 114 valence electrons. The van der Waals surface area contributed by atoms with Gasteiger partial charge in [-0.1, -0.05) is 11.8 Å². The number of ether oxygens (including phenoxy) is 1. The SMILES string of the molecule is O=S(=O)(NC1CCOCC1)c1ccc(C#CCO)cc1F. The molecule has 2 rings (SSSR count). The van der Waals surface area contributed by atoms with E-state index in [1.165, 1.54) is 12.1 Å². The van der Waals surface area contributed by atoms with E-state index in [-0.39, 0.29) is 12.6 Å². The summed E-state index contributed by atoms with van der Waals surface area (Å²) in [6.45, 7) is 0.643. The molecule has 0 radical (unpaired) electrons. The second-order valence-corrected chi connectivity index (χ2v) is 6.30. The molecule has 0 atom stereocenters. The van der Waals surface area contributed by atoms with Crippen molar-refractivity contribution in [3.8, 4) is 11.8 Å². The summed E-state index contributed by atoms with van der Waals surface area (Å²) in [6.07, 6.45) is 1.14. The summed E-state index contributed by atoms with van der Waals surface area (Å²) in [6, 6.07) is 3.39. The summed E-state index contributed by atoms with van der Waals surface area (Å²) in [5.41, 5.74) is 0.312. The second kappa shape index (κ2) is 7.00. The van der Waals surface area contributed by atoms with Crippen molar-refractivity contribution in [1.29, 1.82) is 0 Å². The Morgan fingerprint density at radius 2 is 2.10 bits per heavy atom. The third-order valence-corrected chi connectivity index (χ3v) is 4.63. The third-order valence-electron chi connectivity index (χ3n) is 3.08. The van der Waals surface area contributed by atoms with Crippen LogP contribution in [0.4, 0.5) is 4.39 Å². The molecule has 1 aliphatic heterocycles. The van der Waals surface area contributed by atoms with Gasteiger partial charge in [0.1, 0.15) is 17.3 Å². The molecule has 0 spiro atoms. The summed E-state index contributed by atoms with van der Waals surface area (Å²) < 4.78 is 46.0. The minimum Gasteiger partial charge on any atom is -0.384 e. The Labute approximate surface area is 123 Å². The van der Waals surface area contributed by atoms with E-state index in [4.69, 9.17) is 9.84 Å². The van der Waals surface area contributed by atoms with Crippen LogP contribution in [0.1, 0.15) is 18.4 Å². The van der Waals surface area contributed by atoms with Gasteiger partial charge in [0.2, 0.25) is 10.0 Å². The van der Waals surface area contributed by atoms with E-state index >= 15 is 0 Å². The number of aliphatic hydroxyl groups is 1. The molecule has 1 aromatic rings. The molecule has 7 heteroatoms. The average molecular weight is 313 g/mol. The quantitative estimate of drug-likeness (QED) is 0.803. The van der Waals surface area contributed by atoms with Crippen LogP contribution in [0, 0.1) is 17.7 Å². The van der Waals surface area contributed by atoms with Crippen molar-refractivity contribution in [2.75, 3.05) is 19.8 Å². The number of hydrogen-bond donors (Lipinski definition) is 2. The van der Waals surface area contributed by atoms with Crippen molar-refractivity contribution in [3.05, 3.63) is 29.6 Å². The Bertz CT molecular complexity index is 657. The molecule has 0 bridgehead atoms. The van der Waals surface area contributed by atoms with Gasteiger partial charge in [0, 0.05) is 24.8 Å². The maximum atomic E-state index is 14.0. The van der Waals surface area contributed by atoms with Crippen LogP contribution in [0.3, 0.4) is 0 Å². The van der Waals surface area contributed by atoms with Crippen molar-refractivity contribution < 1.29 is 22.7 Å². The van der Waals surface area contributed by atoms with Crippen LogP contribution in [-0.4, -0.2) is 39.4 Å². The maximum absolute atomic E-state index is 14.0. The summed E-state index contributed by atoms with van der Waals surface area (Å²) >= 11 is 0. The normalized spacial score (nSPS) is 16.3. The molecule has 1 aliphatic rings. The van der Waals surface area contributed by atoms with E-state index < -0.39 is 20.7 Å². The predicted molar refractivity (Wildman–Crippen MR) is 74.5 cm³/mol. The van der Waals surface area contributed by atoms with Gasteiger partial charge in [0.25, 0.3) is 0 Å². The Kier molecular flexibility index (Phi) is 5.31. The number of aliphatic hydroxyl groups excluding tert-OH is 1. The van der Waals surface area contributed by atoms with Crippen LogP contribution in [0.25, 0.3) is 0 Å². The minimum atomic E-state index is -3.91. The van der Waals surface area contributed by atoms with Crippen LogP contribution in [0.15, 0.2) is 23.1 Å². The Balaban J connectivity index is 2.19. The van der Waals surface area contributed by atoms with Crippen molar-refractivity contribution in [3.63, 3.8) is 0 Å². The van der Waals surface area contributed by atoms with Gasteiger partial charge in [-0.2, -0.15) is 0 Å². The first-order valence-electron chi connectivity index (χ1n) is 6.52. The zero-order valence-electron chi connectivity index (χ0n) is 11.3. The van der Waals surface area contributed by atoms with E-state index in [9.17, 15) is 12.8 Å². The maximum Gasteiger partial charge on any atom is 0.243 e. The third kappa shape index (κ3) is 4.25. The van der Waals surface area contributed by atoms with Crippen LogP contribution >= 0.6 is 0 Å². The number of benzene rings is 1. The van der Waals surface area contributed by atoms with E-state index in [0.717, 1.165) is 6.07 Å². The standard InChI is InChI=1S/C14H16FNO4S/c15-13-10-11(2-1-7-17)3-4-14(13)21(18,19)16-12-5-8-20-9-6-12/h3-4,10,12,16-17H,5-9H2. The lowest BCUT2D eigenvalue weighted by Gasteiger charge is -2.23. The highest BCUT2D eigenvalue weighted by molar-refractivity contribution is 7.89. The molecule has 1 aromatic carbocycles. The summed E-state index contributed by atoms with van der Waals surface area (Å²) in [5.74, 6) is 4.04. The van der Waals surface area contributed by atoms with Gasteiger partial charge < -0.3 is 9.84 Å². The van der Waals surface area contributed by atoms with Gasteiger partial charge in [-0.05, 0) is 31.0 Å². The number of sulfonamides is 1. The number of halogens is 1. The van der Waals surface area contributed by atoms with Crippen LogP contribution < -0.4 is 4.72 Å². The fourth-order valence-electron chi connectivity index (χ4n) is 2.04. The van der Waals surface area contributed by atoms with Crippen LogP contribution in [0.5, 0.6) is 0 Å². The molecule has 5 nitrogen and oxygen atoms in total. The topological polar surface area (TPSA) is 75.6 Å². The lowest BCUT2D eigenvalue weighted by Crippen LogP contribution is -2.39. The van der Waals surface area contributed by atoms with Crippen molar-refractivity contribution in [2.45, 2.75) is 23.8 Å². The van der Waals surface area contributed by atoms with Crippen LogP contribution in [0.2, 0.25) is 0 Å². The molecular weight excluding hydrogens is 297 g/mol. The summed E-state index contributed by atoms with van der Waals surface area (Å²) in [7, 11) is -3.91. The molecule has 21 heavy (non-hydrogen) atoms. The number of nitrogens with one attached hydrogen (secondary N) is 1. The number of hydrogen-bond acceptors (Lipinski definition) is 4. The first-order valence-corrected chi connectivity index (χ1v) is 8.00. The molecule has 0 amide bonds. The lowest BCUT2D eigenvalue weighted by molar-refractivity contribution is 0.0832. The zero-order valence-corrected chi connectivity index (χ0v) is 12.1.